The van der Waals surface area contributed by atoms with Gasteiger partial charge in [0.1, 0.15) is 12.0 Å². The fourth-order valence-electron chi connectivity index (χ4n) is 5.06. The van der Waals surface area contributed by atoms with Gasteiger partial charge in [0.05, 0.1) is 34.3 Å². The largest absolute Gasteiger partial charge is 0.477 e. The summed E-state index contributed by atoms with van der Waals surface area (Å²) in [6.45, 7) is 1.70. The van der Waals surface area contributed by atoms with Crippen LogP contribution in [0.2, 0.25) is 0 Å². The molecule has 0 fully saturated rings. The SMILES string of the molecule is CCc1ccc2c(c1)c(-n1c(=O)[nH]c3ccccc3c1=O)c(C(=O)O)n2Cc1cc2c(cc1F)NNC2O. The number of carboxylic acid groups (broad SMARTS) is 1. The van der Waals surface area contributed by atoms with Crippen molar-refractivity contribution in [2.24, 2.45) is 0 Å². The van der Waals surface area contributed by atoms with Gasteiger partial charge >= 0.3 is 11.7 Å². The smallest absolute Gasteiger partial charge is 0.354 e. The van der Waals surface area contributed by atoms with Crippen LogP contribution >= 0.6 is 0 Å². The van der Waals surface area contributed by atoms with Gasteiger partial charge in [-0.25, -0.2) is 24.0 Å². The van der Waals surface area contributed by atoms with Crippen LogP contribution in [0.15, 0.2) is 64.2 Å². The van der Waals surface area contributed by atoms with E-state index in [9.17, 15) is 24.6 Å². The van der Waals surface area contributed by atoms with E-state index in [2.05, 4.69) is 15.8 Å². The van der Waals surface area contributed by atoms with Gasteiger partial charge in [0, 0.05) is 16.5 Å². The third kappa shape index (κ3) is 3.51. The number of aliphatic hydroxyl groups is 1. The highest BCUT2D eigenvalue weighted by Crippen LogP contribution is 2.33. The fraction of sp³-hybridized carbons (Fsp3) is 0.148. The van der Waals surface area contributed by atoms with Crippen molar-refractivity contribution in [3.05, 3.63) is 104 Å². The molecule has 5 aromatic rings. The van der Waals surface area contributed by atoms with Crippen molar-refractivity contribution < 1.29 is 19.4 Å². The molecule has 5 N–H and O–H groups in total. The van der Waals surface area contributed by atoms with Crippen LogP contribution in [-0.4, -0.2) is 30.3 Å². The number of fused-ring (bicyclic) bond motifs is 3. The van der Waals surface area contributed by atoms with Gasteiger partial charge in [-0.1, -0.05) is 25.1 Å². The molecule has 0 bridgehead atoms. The predicted octanol–water partition coefficient (Wildman–Crippen LogP) is 3.00. The molecule has 10 nitrogen and oxygen atoms in total. The number of carboxylic acids is 1. The Morgan fingerprint density at radius 1 is 1.08 bits per heavy atom. The molecule has 192 valence electrons. The average molecular weight is 516 g/mol. The minimum absolute atomic E-state index is 0.0928. The van der Waals surface area contributed by atoms with E-state index in [4.69, 9.17) is 0 Å². The molecule has 1 unspecified atom stereocenters. The van der Waals surface area contributed by atoms with Crippen LogP contribution in [0.3, 0.4) is 0 Å². The lowest BCUT2D eigenvalue weighted by Gasteiger charge is -2.12. The zero-order valence-electron chi connectivity index (χ0n) is 20.1. The van der Waals surface area contributed by atoms with Crippen molar-refractivity contribution in [2.75, 3.05) is 5.43 Å². The van der Waals surface area contributed by atoms with E-state index in [1.165, 1.54) is 16.7 Å². The van der Waals surface area contributed by atoms with Crippen molar-refractivity contribution in [3.63, 3.8) is 0 Å². The van der Waals surface area contributed by atoms with E-state index in [1.54, 1.807) is 36.4 Å². The zero-order chi connectivity index (χ0) is 26.7. The van der Waals surface area contributed by atoms with Gasteiger partial charge < -0.3 is 25.2 Å². The summed E-state index contributed by atoms with van der Waals surface area (Å²) in [7, 11) is 0. The maximum absolute atomic E-state index is 15.1. The number of nitrogens with zero attached hydrogens (tertiary/aromatic N) is 2. The number of nitrogens with one attached hydrogen (secondary N) is 3. The molecule has 0 saturated carbocycles. The highest BCUT2D eigenvalue weighted by atomic mass is 19.1. The number of hydrazine groups is 1. The summed E-state index contributed by atoms with van der Waals surface area (Å²) < 4.78 is 17.3. The van der Waals surface area contributed by atoms with Gasteiger partial charge in [0.25, 0.3) is 5.56 Å². The first kappa shape index (κ1) is 23.6. The Bertz CT molecular complexity index is 1900. The molecule has 1 aliphatic rings. The number of benzene rings is 3. The van der Waals surface area contributed by atoms with E-state index in [0.717, 1.165) is 10.1 Å². The van der Waals surface area contributed by atoms with Crippen molar-refractivity contribution in [1.29, 1.82) is 0 Å². The molecule has 0 radical (unpaired) electrons. The summed E-state index contributed by atoms with van der Waals surface area (Å²) in [6, 6.07) is 14.4. The number of aromatic carboxylic acids is 1. The second-order valence-electron chi connectivity index (χ2n) is 9.11. The molecule has 1 atom stereocenters. The molecular formula is C27H22FN5O5. The minimum atomic E-state index is -1.39. The van der Waals surface area contributed by atoms with Crippen LogP contribution in [0, 0.1) is 5.82 Å². The quantitative estimate of drug-likeness (QED) is 0.242. The van der Waals surface area contributed by atoms with Crippen LogP contribution in [0.5, 0.6) is 0 Å². The molecule has 1 aliphatic heterocycles. The van der Waals surface area contributed by atoms with E-state index in [1.807, 2.05) is 13.0 Å². The molecule has 0 spiro atoms. The van der Waals surface area contributed by atoms with E-state index < -0.39 is 29.3 Å². The summed E-state index contributed by atoms with van der Waals surface area (Å²) >= 11 is 0. The zero-order valence-corrected chi connectivity index (χ0v) is 20.1. The Hall–Kier alpha value is -4.74. The van der Waals surface area contributed by atoms with E-state index >= 15 is 4.39 Å². The molecule has 2 aromatic heterocycles. The van der Waals surface area contributed by atoms with Gasteiger partial charge in [-0.3, -0.25) is 4.79 Å². The van der Waals surface area contributed by atoms with Crippen molar-refractivity contribution in [3.8, 4) is 5.69 Å². The molecule has 38 heavy (non-hydrogen) atoms. The second kappa shape index (κ2) is 8.68. The number of aryl methyl sites for hydroxylation is 1. The number of aromatic nitrogens is 3. The first-order chi connectivity index (χ1) is 18.3. The number of H-pyrrole nitrogens is 1. The Morgan fingerprint density at radius 3 is 2.63 bits per heavy atom. The van der Waals surface area contributed by atoms with Gasteiger partial charge in [-0.05, 0) is 48.4 Å². The number of hydrogen-bond acceptors (Lipinski definition) is 6. The predicted molar refractivity (Wildman–Crippen MR) is 139 cm³/mol. The van der Waals surface area contributed by atoms with Crippen molar-refractivity contribution in [2.45, 2.75) is 26.1 Å². The Labute approximate surface area is 213 Å². The second-order valence-corrected chi connectivity index (χ2v) is 9.11. The number of anilines is 1. The first-order valence-electron chi connectivity index (χ1n) is 11.9. The molecule has 3 heterocycles. The molecule has 11 heteroatoms. The van der Waals surface area contributed by atoms with Crippen LogP contribution < -0.4 is 22.1 Å². The molecule has 6 rings (SSSR count). The summed E-state index contributed by atoms with van der Waals surface area (Å²) in [5.41, 5.74) is 5.89. The van der Waals surface area contributed by atoms with Gasteiger partial charge in [-0.2, -0.15) is 0 Å². The van der Waals surface area contributed by atoms with Gasteiger partial charge in [0.15, 0.2) is 5.69 Å². The highest BCUT2D eigenvalue weighted by Gasteiger charge is 2.28. The molecule has 0 amide bonds. The monoisotopic (exact) mass is 515 g/mol. The summed E-state index contributed by atoms with van der Waals surface area (Å²) in [4.78, 5) is 42.2. The number of carbonyl (C=O) groups is 1. The summed E-state index contributed by atoms with van der Waals surface area (Å²) in [5.74, 6) is -2.00. The first-order valence-corrected chi connectivity index (χ1v) is 11.9. The van der Waals surface area contributed by atoms with E-state index in [0.29, 0.717) is 34.1 Å². The van der Waals surface area contributed by atoms with Gasteiger partial charge in [0.2, 0.25) is 0 Å². The lowest BCUT2D eigenvalue weighted by Crippen LogP contribution is -2.34. The van der Waals surface area contributed by atoms with Crippen molar-refractivity contribution >= 4 is 33.5 Å². The minimum Gasteiger partial charge on any atom is -0.477 e. The standard InChI is InChI=1S/C27H22FN5O5/c1-2-13-7-8-21-17(9-13)22(33-25(35)15-5-3-4-6-19(15)29-27(33)38)23(26(36)37)32(21)12-14-10-16-20(11-18(14)28)30-31-24(16)34/h3-11,24,30-31,34H,2,12H2,1H3,(H,29,38)(H,36,37). The topological polar surface area (TPSA) is 141 Å². The van der Waals surface area contributed by atoms with Crippen LogP contribution in [0.1, 0.15) is 40.3 Å². The molecule has 3 aromatic carbocycles. The number of para-hydroxylation sites is 1. The number of hydrogen-bond donors (Lipinski definition) is 5. The van der Waals surface area contributed by atoms with E-state index in [-0.39, 0.29) is 28.9 Å². The molecule has 0 saturated heterocycles. The maximum Gasteiger partial charge on any atom is 0.354 e. The van der Waals surface area contributed by atoms with Crippen molar-refractivity contribution in [1.82, 2.24) is 19.5 Å². The Kier molecular flexibility index (Phi) is 5.40. The lowest BCUT2D eigenvalue weighted by atomic mass is 10.1. The average Bonchev–Trinajstić information content (AvgIpc) is 3.41. The molecule has 0 aliphatic carbocycles. The lowest BCUT2D eigenvalue weighted by molar-refractivity contribution is 0.0686. The normalized spacial score (nSPS) is 14.7. The van der Waals surface area contributed by atoms with Crippen LogP contribution in [0.25, 0.3) is 27.5 Å². The van der Waals surface area contributed by atoms with Gasteiger partial charge in [-0.15, -0.1) is 0 Å². The third-order valence-corrected chi connectivity index (χ3v) is 6.93. The fourth-order valence-corrected chi connectivity index (χ4v) is 5.06. The third-order valence-electron chi connectivity index (χ3n) is 6.93. The number of aliphatic hydroxyl groups excluding tert-OH is 1. The van der Waals surface area contributed by atoms with Crippen LogP contribution in [-0.2, 0) is 13.0 Å². The highest BCUT2D eigenvalue weighted by molar-refractivity contribution is 6.03. The number of rotatable bonds is 5. The summed E-state index contributed by atoms with van der Waals surface area (Å²) in [6.07, 6.45) is -0.439. The number of halogens is 1. The summed E-state index contributed by atoms with van der Waals surface area (Å²) in [5, 5.41) is 21.1. The number of aromatic amines is 1. The Morgan fingerprint density at radius 2 is 1.87 bits per heavy atom. The maximum atomic E-state index is 15.1. The Balaban J connectivity index is 1.68. The molecular weight excluding hydrogens is 493 g/mol. The van der Waals surface area contributed by atoms with Crippen LogP contribution in [0.4, 0.5) is 10.1 Å².